The van der Waals surface area contributed by atoms with Gasteiger partial charge in [-0.05, 0) is 18.2 Å². The summed E-state index contributed by atoms with van der Waals surface area (Å²) >= 11 is 6.72. The molecule has 104 valence electrons. The van der Waals surface area contributed by atoms with Crippen LogP contribution in [0.4, 0.5) is 5.69 Å². The molecule has 1 atom stereocenters. The van der Waals surface area contributed by atoms with Crippen molar-refractivity contribution in [1.29, 1.82) is 0 Å². The van der Waals surface area contributed by atoms with Crippen LogP contribution in [0.15, 0.2) is 27.1 Å². The van der Waals surface area contributed by atoms with Crippen molar-refractivity contribution in [2.75, 3.05) is 17.2 Å². The third-order valence-electron chi connectivity index (χ3n) is 2.83. The van der Waals surface area contributed by atoms with Crippen LogP contribution in [0.25, 0.3) is 0 Å². The number of sulfonamides is 1. The van der Waals surface area contributed by atoms with Crippen molar-refractivity contribution in [3.05, 3.63) is 27.1 Å². The van der Waals surface area contributed by atoms with Crippen molar-refractivity contribution < 1.29 is 13.2 Å². The monoisotopic (exact) mass is 410 g/mol. The average molecular weight is 412 g/mol. The first kappa shape index (κ1) is 15.0. The van der Waals surface area contributed by atoms with Crippen molar-refractivity contribution in [1.82, 2.24) is 0 Å². The average Bonchev–Trinajstić information content (AvgIpc) is 2.54. The fourth-order valence-electron chi connectivity index (χ4n) is 2.17. The summed E-state index contributed by atoms with van der Waals surface area (Å²) in [5, 5.41) is 5.02. The highest BCUT2D eigenvalue weighted by Gasteiger charge is 2.32. The smallest absolute Gasteiger partial charge is 0.227 e. The molecule has 1 aliphatic rings. The molecule has 19 heavy (non-hydrogen) atoms. The number of primary sulfonamides is 1. The van der Waals surface area contributed by atoms with Gasteiger partial charge in [-0.25, -0.2) is 13.6 Å². The van der Waals surface area contributed by atoms with Crippen LogP contribution in [0, 0.1) is 5.92 Å². The zero-order chi connectivity index (χ0) is 14.2. The molecular weight excluding hydrogens is 400 g/mol. The van der Waals surface area contributed by atoms with E-state index in [4.69, 9.17) is 5.14 Å². The molecule has 1 amide bonds. The Morgan fingerprint density at radius 1 is 1.26 bits per heavy atom. The third-order valence-corrected chi connectivity index (χ3v) is 4.68. The third kappa shape index (κ3) is 4.01. The molecule has 0 spiro atoms. The zero-order valence-electron chi connectivity index (χ0n) is 9.84. The molecule has 0 aliphatic carbocycles. The molecule has 8 heteroatoms. The molecular formula is C11H12Br2N2O3S. The first-order chi connectivity index (χ1) is 8.74. The van der Waals surface area contributed by atoms with Gasteiger partial charge in [0.1, 0.15) is 0 Å². The van der Waals surface area contributed by atoms with Gasteiger partial charge >= 0.3 is 0 Å². The number of hydrogen-bond donors (Lipinski definition) is 1. The molecule has 1 aromatic carbocycles. The molecule has 0 radical (unpaired) electrons. The number of benzene rings is 1. The van der Waals surface area contributed by atoms with Crippen LogP contribution >= 0.6 is 31.9 Å². The minimum absolute atomic E-state index is 0.0846. The molecule has 1 unspecified atom stereocenters. The molecule has 2 N–H and O–H groups in total. The second-order valence-electron chi connectivity index (χ2n) is 4.53. The molecule has 1 saturated heterocycles. The lowest BCUT2D eigenvalue weighted by molar-refractivity contribution is -0.117. The number of halogens is 2. The van der Waals surface area contributed by atoms with Crippen molar-refractivity contribution >= 4 is 53.5 Å². The van der Waals surface area contributed by atoms with Crippen LogP contribution in [0.2, 0.25) is 0 Å². The van der Waals surface area contributed by atoms with Gasteiger partial charge in [-0.15, -0.1) is 0 Å². The predicted molar refractivity (Wildman–Crippen MR) is 80.3 cm³/mol. The van der Waals surface area contributed by atoms with Gasteiger partial charge in [0.05, 0.1) is 5.75 Å². The van der Waals surface area contributed by atoms with Crippen LogP contribution in [-0.2, 0) is 14.8 Å². The highest BCUT2D eigenvalue weighted by molar-refractivity contribution is 9.11. The number of amides is 1. The molecule has 1 aliphatic heterocycles. The minimum Gasteiger partial charge on any atom is -0.312 e. The molecule has 1 aromatic rings. The Kier molecular flexibility index (Phi) is 4.34. The van der Waals surface area contributed by atoms with E-state index in [1.54, 1.807) is 4.90 Å². The van der Waals surface area contributed by atoms with E-state index in [0.717, 1.165) is 14.6 Å². The standard InChI is InChI=1S/C11H12Br2N2O3S/c12-8-2-9(13)4-10(3-8)15-5-7(1-11(15)16)6-19(14,17)18/h2-4,7H,1,5-6H2,(H2,14,17,18). The van der Waals surface area contributed by atoms with Crippen LogP contribution in [0.1, 0.15) is 6.42 Å². The van der Waals surface area contributed by atoms with Gasteiger partial charge < -0.3 is 4.90 Å². The Morgan fingerprint density at radius 2 is 1.84 bits per heavy atom. The van der Waals surface area contributed by atoms with Crippen LogP contribution in [-0.4, -0.2) is 26.6 Å². The zero-order valence-corrected chi connectivity index (χ0v) is 13.8. The van der Waals surface area contributed by atoms with Crippen molar-refractivity contribution in [3.8, 4) is 0 Å². The van der Waals surface area contributed by atoms with Gasteiger partial charge in [-0.2, -0.15) is 0 Å². The van der Waals surface area contributed by atoms with E-state index >= 15 is 0 Å². The summed E-state index contributed by atoms with van der Waals surface area (Å²) in [5.41, 5.74) is 0.739. The van der Waals surface area contributed by atoms with Gasteiger partial charge in [-0.1, -0.05) is 31.9 Å². The topological polar surface area (TPSA) is 80.5 Å². The maximum atomic E-state index is 12.0. The number of nitrogens with zero attached hydrogens (tertiary/aromatic N) is 1. The van der Waals surface area contributed by atoms with E-state index in [1.807, 2.05) is 18.2 Å². The lowest BCUT2D eigenvalue weighted by Gasteiger charge is -2.17. The van der Waals surface area contributed by atoms with E-state index < -0.39 is 10.0 Å². The molecule has 1 heterocycles. The Morgan fingerprint density at radius 3 is 2.37 bits per heavy atom. The number of carbonyl (C=O) groups is 1. The van der Waals surface area contributed by atoms with E-state index in [9.17, 15) is 13.2 Å². The van der Waals surface area contributed by atoms with E-state index in [2.05, 4.69) is 31.9 Å². The van der Waals surface area contributed by atoms with Gasteiger partial charge in [0.15, 0.2) is 0 Å². The summed E-state index contributed by atoms with van der Waals surface area (Å²) in [5.74, 6) is -0.497. The highest BCUT2D eigenvalue weighted by atomic mass is 79.9. The second-order valence-corrected chi connectivity index (χ2v) is 8.02. The van der Waals surface area contributed by atoms with Crippen LogP contribution in [0.5, 0.6) is 0 Å². The first-order valence-corrected chi connectivity index (χ1v) is 8.82. The Bertz CT molecular complexity index is 598. The summed E-state index contributed by atoms with van der Waals surface area (Å²) in [6.07, 6.45) is 0.209. The molecule has 2 rings (SSSR count). The maximum Gasteiger partial charge on any atom is 0.227 e. The maximum absolute atomic E-state index is 12.0. The van der Waals surface area contributed by atoms with E-state index in [1.165, 1.54) is 0 Å². The number of hydrogen-bond acceptors (Lipinski definition) is 3. The van der Waals surface area contributed by atoms with Crippen molar-refractivity contribution in [2.24, 2.45) is 11.1 Å². The minimum atomic E-state index is -3.55. The fourth-order valence-corrected chi connectivity index (χ4v) is 4.32. The summed E-state index contributed by atoms with van der Waals surface area (Å²) in [6.45, 7) is 0.373. The predicted octanol–water partition coefficient (Wildman–Crippen LogP) is 1.85. The number of nitrogens with two attached hydrogens (primary N) is 1. The molecule has 0 bridgehead atoms. The Labute approximate surface area is 128 Å². The Hall–Kier alpha value is -0.440. The SMILES string of the molecule is NS(=O)(=O)CC1CC(=O)N(c2cc(Br)cc(Br)c2)C1. The second kappa shape index (κ2) is 5.51. The van der Waals surface area contributed by atoms with Crippen molar-refractivity contribution in [2.45, 2.75) is 6.42 Å². The largest absolute Gasteiger partial charge is 0.312 e. The van der Waals surface area contributed by atoms with Crippen molar-refractivity contribution in [3.63, 3.8) is 0 Å². The lowest BCUT2D eigenvalue weighted by atomic mass is 10.1. The normalized spacial score (nSPS) is 20.1. The molecule has 1 fully saturated rings. The molecule has 0 saturated carbocycles. The lowest BCUT2D eigenvalue weighted by Crippen LogP contribution is -2.27. The van der Waals surface area contributed by atoms with E-state index in [0.29, 0.717) is 6.54 Å². The Balaban J connectivity index is 2.20. The molecule has 5 nitrogen and oxygen atoms in total. The van der Waals surface area contributed by atoms with Gasteiger partial charge in [0.2, 0.25) is 15.9 Å². The van der Waals surface area contributed by atoms with Gasteiger partial charge in [0.25, 0.3) is 0 Å². The summed E-state index contributed by atoms with van der Waals surface area (Å²) in [4.78, 5) is 13.5. The van der Waals surface area contributed by atoms with Gasteiger partial charge in [0, 0.05) is 33.5 Å². The summed E-state index contributed by atoms with van der Waals surface area (Å²) in [7, 11) is -3.55. The van der Waals surface area contributed by atoms with E-state index in [-0.39, 0.29) is 24.0 Å². The fraction of sp³-hybridized carbons (Fsp3) is 0.364. The molecule has 0 aromatic heterocycles. The van der Waals surface area contributed by atoms with Gasteiger partial charge in [-0.3, -0.25) is 4.79 Å². The number of rotatable bonds is 3. The first-order valence-electron chi connectivity index (χ1n) is 5.51. The summed E-state index contributed by atoms with van der Waals surface area (Å²) < 4.78 is 23.9. The highest BCUT2D eigenvalue weighted by Crippen LogP contribution is 2.30. The summed E-state index contributed by atoms with van der Waals surface area (Å²) in [6, 6.07) is 5.51. The van der Waals surface area contributed by atoms with Crippen LogP contribution in [0.3, 0.4) is 0 Å². The quantitative estimate of drug-likeness (QED) is 0.823. The number of carbonyl (C=O) groups excluding carboxylic acids is 1. The van der Waals surface area contributed by atoms with Crippen LogP contribution < -0.4 is 10.0 Å². The number of anilines is 1.